The fraction of sp³-hybridized carbons (Fsp3) is 0.474. The van der Waals surface area contributed by atoms with Crippen LogP contribution in [0.3, 0.4) is 0 Å². The van der Waals surface area contributed by atoms with Gasteiger partial charge in [-0.2, -0.15) is 10.4 Å². The molecule has 2 aliphatic heterocycles. The van der Waals surface area contributed by atoms with Crippen molar-refractivity contribution in [1.29, 1.82) is 5.26 Å². The molecule has 0 N–H and O–H groups in total. The van der Waals surface area contributed by atoms with E-state index < -0.39 is 0 Å². The van der Waals surface area contributed by atoms with Crippen LogP contribution in [0, 0.1) is 11.3 Å². The molecule has 2 saturated heterocycles. The van der Waals surface area contributed by atoms with Gasteiger partial charge in [-0.3, -0.25) is 14.5 Å². The average Bonchev–Trinajstić information content (AvgIpc) is 3.28. The Kier molecular flexibility index (Phi) is 4.09. The van der Waals surface area contributed by atoms with Gasteiger partial charge in [0.1, 0.15) is 0 Å². The van der Waals surface area contributed by atoms with E-state index in [0.29, 0.717) is 12.1 Å². The van der Waals surface area contributed by atoms with Crippen molar-refractivity contribution in [3.05, 3.63) is 53.3 Å². The molecule has 2 aliphatic rings. The van der Waals surface area contributed by atoms with Gasteiger partial charge in [-0.1, -0.05) is 12.1 Å². The molecule has 2 atom stereocenters. The Labute approximate surface area is 143 Å². The molecule has 0 amide bonds. The minimum Gasteiger partial charge on any atom is -0.294 e. The molecule has 0 radical (unpaired) electrons. The highest BCUT2D eigenvalue weighted by Gasteiger charge is 2.42. The van der Waals surface area contributed by atoms with Crippen LogP contribution in [0.25, 0.3) is 0 Å². The zero-order valence-electron chi connectivity index (χ0n) is 14.1. The van der Waals surface area contributed by atoms with Crippen LogP contribution >= 0.6 is 0 Å². The third kappa shape index (κ3) is 2.95. The average molecular weight is 321 g/mol. The summed E-state index contributed by atoms with van der Waals surface area (Å²) in [5.74, 6) is 0. The van der Waals surface area contributed by atoms with Gasteiger partial charge in [0, 0.05) is 57.1 Å². The molecule has 124 valence electrons. The molecule has 0 spiro atoms. The second kappa shape index (κ2) is 6.39. The Morgan fingerprint density at radius 2 is 1.83 bits per heavy atom. The Morgan fingerprint density at radius 3 is 2.46 bits per heavy atom. The number of rotatable bonds is 4. The molecule has 4 rings (SSSR count). The van der Waals surface area contributed by atoms with E-state index in [1.54, 1.807) is 0 Å². The number of hydrogen-bond acceptors (Lipinski definition) is 4. The quantitative estimate of drug-likeness (QED) is 0.866. The first kappa shape index (κ1) is 15.4. The van der Waals surface area contributed by atoms with Gasteiger partial charge in [0.2, 0.25) is 0 Å². The maximum Gasteiger partial charge on any atom is 0.0991 e. The molecule has 0 bridgehead atoms. The number of aryl methyl sites for hydroxylation is 1. The zero-order chi connectivity index (χ0) is 16.5. The Morgan fingerprint density at radius 1 is 1.12 bits per heavy atom. The fourth-order valence-corrected chi connectivity index (χ4v) is 4.32. The molecule has 3 heterocycles. The predicted molar refractivity (Wildman–Crippen MR) is 92.0 cm³/mol. The van der Waals surface area contributed by atoms with Crippen molar-refractivity contribution < 1.29 is 0 Å². The van der Waals surface area contributed by atoms with Crippen molar-refractivity contribution in [2.75, 3.05) is 13.1 Å². The zero-order valence-corrected chi connectivity index (χ0v) is 14.1. The molecule has 0 saturated carbocycles. The van der Waals surface area contributed by atoms with Gasteiger partial charge >= 0.3 is 0 Å². The molecular weight excluding hydrogens is 298 g/mol. The molecule has 24 heavy (non-hydrogen) atoms. The van der Waals surface area contributed by atoms with Crippen LogP contribution in [0.2, 0.25) is 0 Å². The van der Waals surface area contributed by atoms with E-state index in [2.05, 4.69) is 33.2 Å². The first-order valence-corrected chi connectivity index (χ1v) is 8.67. The number of aromatic nitrogens is 2. The lowest BCUT2D eigenvalue weighted by molar-refractivity contribution is 0.212. The van der Waals surface area contributed by atoms with Crippen molar-refractivity contribution in [3.8, 4) is 6.07 Å². The van der Waals surface area contributed by atoms with E-state index >= 15 is 0 Å². The maximum atomic E-state index is 9.07. The minimum atomic E-state index is 0.646. The lowest BCUT2D eigenvalue weighted by Crippen LogP contribution is -2.35. The van der Waals surface area contributed by atoms with Crippen LogP contribution in [-0.4, -0.2) is 44.8 Å². The van der Waals surface area contributed by atoms with Crippen LogP contribution < -0.4 is 0 Å². The standard InChI is InChI=1S/C19H23N5/c1-22-12-17(11-21-22)14-24-8-6-18-19(24)5-7-23(18)13-16-4-2-3-15(9-16)10-20/h2-4,9,11-12,18-19H,5-8,13-14H2,1H3/t18-,19+/m1/s1. The SMILES string of the molecule is Cn1cc(CN2CC[C@@H]3[C@@H]2CCN3Cc2cccc(C#N)c2)cn1. The van der Waals surface area contributed by atoms with Gasteiger partial charge in [0.25, 0.3) is 0 Å². The molecule has 1 aromatic heterocycles. The maximum absolute atomic E-state index is 9.07. The molecule has 1 aromatic carbocycles. The lowest BCUT2D eigenvalue weighted by atomic mass is 10.1. The first-order chi connectivity index (χ1) is 11.7. The summed E-state index contributed by atoms with van der Waals surface area (Å²) < 4.78 is 1.88. The topological polar surface area (TPSA) is 48.1 Å². The Bertz CT molecular complexity index is 759. The highest BCUT2D eigenvalue weighted by molar-refractivity contribution is 5.32. The third-order valence-corrected chi connectivity index (χ3v) is 5.39. The van der Waals surface area contributed by atoms with Gasteiger partial charge in [0.05, 0.1) is 17.8 Å². The second-order valence-electron chi connectivity index (χ2n) is 6.99. The number of likely N-dealkylation sites (tertiary alicyclic amines) is 2. The molecular formula is C19H23N5. The Hall–Kier alpha value is -2.16. The monoisotopic (exact) mass is 321 g/mol. The summed E-state index contributed by atoms with van der Waals surface area (Å²) in [6.45, 7) is 4.28. The number of nitrogens with zero attached hydrogens (tertiary/aromatic N) is 5. The molecule has 0 aliphatic carbocycles. The summed E-state index contributed by atoms with van der Waals surface area (Å²) in [6.07, 6.45) is 6.58. The van der Waals surface area contributed by atoms with E-state index in [0.717, 1.165) is 25.2 Å². The van der Waals surface area contributed by atoms with Crippen molar-refractivity contribution in [3.63, 3.8) is 0 Å². The normalized spacial score (nSPS) is 24.2. The van der Waals surface area contributed by atoms with Crippen LogP contribution in [-0.2, 0) is 20.1 Å². The van der Waals surface area contributed by atoms with E-state index in [-0.39, 0.29) is 0 Å². The molecule has 5 heteroatoms. The number of fused-ring (bicyclic) bond motifs is 1. The second-order valence-corrected chi connectivity index (χ2v) is 6.99. The number of nitriles is 1. The summed E-state index contributed by atoms with van der Waals surface area (Å²) in [4.78, 5) is 5.22. The lowest BCUT2D eigenvalue weighted by Gasteiger charge is -2.25. The predicted octanol–water partition coefficient (Wildman–Crippen LogP) is 2.14. The van der Waals surface area contributed by atoms with E-state index in [1.807, 2.05) is 36.1 Å². The van der Waals surface area contributed by atoms with E-state index in [4.69, 9.17) is 5.26 Å². The first-order valence-electron chi connectivity index (χ1n) is 8.67. The van der Waals surface area contributed by atoms with E-state index in [1.165, 1.54) is 30.5 Å². The molecule has 0 unspecified atom stereocenters. The van der Waals surface area contributed by atoms with Crippen LogP contribution in [0.1, 0.15) is 29.5 Å². The number of benzene rings is 1. The van der Waals surface area contributed by atoms with Crippen molar-refractivity contribution in [2.45, 2.75) is 38.0 Å². The van der Waals surface area contributed by atoms with Gasteiger partial charge in [-0.05, 0) is 30.5 Å². The smallest absolute Gasteiger partial charge is 0.0991 e. The van der Waals surface area contributed by atoms with Crippen molar-refractivity contribution >= 4 is 0 Å². The largest absolute Gasteiger partial charge is 0.294 e. The molecule has 2 fully saturated rings. The van der Waals surface area contributed by atoms with Gasteiger partial charge < -0.3 is 0 Å². The van der Waals surface area contributed by atoms with Crippen LogP contribution in [0.15, 0.2) is 36.7 Å². The summed E-state index contributed by atoms with van der Waals surface area (Å²) in [6, 6.07) is 11.6. The van der Waals surface area contributed by atoms with Crippen molar-refractivity contribution in [1.82, 2.24) is 19.6 Å². The van der Waals surface area contributed by atoms with Crippen molar-refractivity contribution in [2.24, 2.45) is 7.05 Å². The highest BCUT2D eigenvalue weighted by atomic mass is 15.3. The summed E-state index contributed by atoms with van der Waals surface area (Å²) >= 11 is 0. The highest BCUT2D eigenvalue weighted by Crippen LogP contribution is 2.33. The fourth-order valence-electron chi connectivity index (χ4n) is 4.32. The summed E-state index contributed by atoms with van der Waals surface area (Å²) in [5, 5.41) is 13.4. The van der Waals surface area contributed by atoms with Crippen LogP contribution in [0.5, 0.6) is 0 Å². The van der Waals surface area contributed by atoms with Gasteiger partial charge in [-0.15, -0.1) is 0 Å². The van der Waals surface area contributed by atoms with Gasteiger partial charge in [0.15, 0.2) is 0 Å². The Balaban J connectivity index is 1.41. The number of hydrogen-bond donors (Lipinski definition) is 0. The van der Waals surface area contributed by atoms with Crippen LogP contribution in [0.4, 0.5) is 0 Å². The third-order valence-electron chi connectivity index (χ3n) is 5.39. The van der Waals surface area contributed by atoms with Gasteiger partial charge in [-0.25, -0.2) is 0 Å². The summed E-state index contributed by atoms with van der Waals surface area (Å²) in [7, 11) is 1.98. The van der Waals surface area contributed by atoms with E-state index in [9.17, 15) is 0 Å². The minimum absolute atomic E-state index is 0.646. The molecule has 5 nitrogen and oxygen atoms in total. The summed E-state index contributed by atoms with van der Waals surface area (Å²) in [5.41, 5.74) is 3.31. The molecule has 2 aromatic rings.